The second-order valence-corrected chi connectivity index (χ2v) is 9.39. The topological polar surface area (TPSA) is 87.4 Å². The summed E-state index contributed by atoms with van der Waals surface area (Å²) < 4.78 is 0. The Morgan fingerprint density at radius 2 is 1.54 bits per heavy atom. The Labute approximate surface area is 220 Å². The SMILES string of the molecule is Cc1ccc(Nc2ncnc(N3CCN(C(c4ccccc4)c4ccccc4)CC3)c2[N+](=O)[O-])cc1Cl. The summed E-state index contributed by atoms with van der Waals surface area (Å²) in [7, 11) is 0. The highest BCUT2D eigenvalue weighted by molar-refractivity contribution is 6.31. The van der Waals surface area contributed by atoms with Crippen molar-refractivity contribution in [1.29, 1.82) is 0 Å². The minimum absolute atomic E-state index is 0.105. The molecule has 1 aliphatic rings. The largest absolute Gasteiger partial charge is 0.353 e. The molecule has 0 aliphatic carbocycles. The van der Waals surface area contributed by atoms with Gasteiger partial charge in [0.15, 0.2) is 0 Å². The van der Waals surface area contributed by atoms with Crippen LogP contribution in [0.15, 0.2) is 85.2 Å². The van der Waals surface area contributed by atoms with Gasteiger partial charge < -0.3 is 10.2 Å². The molecule has 5 rings (SSSR count). The number of nitro groups is 1. The molecule has 0 bridgehead atoms. The summed E-state index contributed by atoms with van der Waals surface area (Å²) in [4.78, 5) is 24.6. The van der Waals surface area contributed by atoms with Gasteiger partial charge in [-0.1, -0.05) is 78.3 Å². The zero-order chi connectivity index (χ0) is 25.8. The average molecular weight is 515 g/mol. The molecule has 0 amide bonds. The highest BCUT2D eigenvalue weighted by atomic mass is 35.5. The van der Waals surface area contributed by atoms with E-state index in [4.69, 9.17) is 11.6 Å². The molecule has 3 aromatic carbocycles. The summed E-state index contributed by atoms with van der Waals surface area (Å²) in [5.41, 5.74) is 3.85. The zero-order valence-electron chi connectivity index (χ0n) is 20.4. The Morgan fingerprint density at radius 3 is 2.11 bits per heavy atom. The van der Waals surface area contributed by atoms with Gasteiger partial charge in [-0.25, -0.2) is 9.97 Å². The fourth-order valence-electron chi connectivity index (χ4n) is 4.74. The number of halogens is 1. The van der Waals surface area contributed by atoms with Crippen molar-refractivity contribution in [1.82, 2.24) is 14.9 Å². The summed E-state index contributed by atoms with van der Waals surface area (Å²) in [5.74, 6) is 0.458. The predicted octanol–water partition coefficient (Wildman–Crippen LogP) is 6.00. The van der Waals surface area contributed by atoms with Crippen molar-refractivity contribution in [2.24, 2.45) is 0 Å². The molecule has 1 aromatic heterocycles. The number of hydrogen-bond donors (Lipinski definition) is 1. The smallest absolute Gasteiger partial charge is 0.348 e. The summed E-state index contributed by atoms with van der Waals surface area (Å²) in [6, 6.07) is 26.4. The first-order valence-corrected chi connectivity index (χ1v) is 12.5. The number of rotatable bonds is 7. The fraction of sp³-hybridized carbons (Fsp3) is 0.214. The maximum atomic E-state index is 12.2. The molecule has 1 saturated heterocycles. The van der Waals surface area contributed by atoms with Crippen LogP contribution in [0.25, 0.3) is 0 Å². The monoisotopic (exact) mass is 514 g/mol. The number of benzene rings is 3. The molecule has 1 aliphatic heterocycles. The Kier molecular flexibility index (Phi) is 7.30. The van der Waals surface area contributed by atoms with Gasteiger partial charge in [0, 0.05) is 36.9 Å². The van der Waals surface area contributed by atoms with Crippen LogP contribution in [0.5, 0.6) is 0 Å². The van der Waals surface area contributed by atoms with Crippen LogP contribution in [0.4, 0.5) is 23.0 Å². The Balaban J connectivity index is 1.39. The molecule has 188 valence electrons. The van der Waals surface area contributed by atoms with Gasteiger partial charge in [-0.3, -0.25) is 15.0 Å². The molecule has 0 atom stereocenters. The quantitative estimate of drug-likeness (QED) is 0.239. The molecule has 0 spiro atoms. The number of piperazine rings is 1. The molecule has 2 heterocycles. The lowest BCUT2D eigenvalue weighted by Gasteiger charge is -2.40. The summed E-state index contributed by atoms with van der Waals surface area (Å²) in [6.45, 7) is 4.56. The van der Waals surface area contributed by atoms with Crippen LogP contribution in [0.1, 0.15) is 22.7 Å². The van der Waals surface area contributed by atoms with Crippen LogP contribution in [0, 0.1) is 17.0 Å². The standard InChI is InChI=1S/C28H27ClN6O2/c1-20-12-13-23(18-24(20)29)32-27-26(35(36)37)28(31-19-30-27)34-16-14-33(15-17-34)25(21-8-4-2-5-9-21)22-10-6-3-7-11-22/h2-13,18-19,25H,14-17H2,1H3,(H,30,31,32). The number of anilines is 3. The van der Waals surface area contributed by atoms with Crippen molar-refractivity contribution < 1.29 is 4.92 Å². The first kappa shape index (κ1) is 24.7. The molecule has 37 heavy (non-hydrogen) atoms. The normalized spacial score (nSPS) is 14.1. The van der Waals surface area contributed by atoms with Crippen LogP contribution < -0.4 is 10.2 Å². The Morgan fingerprint density at radius 1 is 0.919 bits per heavy atom. The molecular weight excluding hydrogens is 488 g/mol. The van der Waals surface area contributed by atoms with E-state index in [9.17, 15) is 10.1 Å². The highest BCUT2D eigenvalue weighted by Crippen LogP contribution is 2.36. The minimum atomic E-state index is -0.420. The van der Waals surface area contributed by atoms with E-state index in [1.54, 1.807) is 6.07 Å². The van der Waals surface area contributed by atoms with Crippen LogP contribution in [-0.2, 0) is 0 Å². The van der Waals surface area contributed by atoms with E-state index in [0.29, 0.717) is 29.6 Å². The zero-order valence-corrected chi connectivity index (χ0v) is 21.2. The molecule has 1 fully saturated rings. The number of nitrogens with one attached hydrogen (secondary N) is 1. The van der Waals surface area contributed by atoms with E-state index in [1.165, 1.54) is 17.5 Å². The van der Waals surface area contributed by atoms with Crippen molar-refractivity contribution in [3.8, 4) is 0 Å². The van der Waals surface area contributed by atoms with Gasteiger partial charge in [-0.05, 0) is 35.7 Å². The van der Waals surface area contributed by atoms with Crippen LogP contribution in [0.3, 0.4) is 0 Å². The summed E-state index contributed by atoms with van der Waals surface area (Å²) in [6.07, 6.45) is 1.36. The second-order valence-electron chi connectivity index (χ2n) is 8.99. The van der Waals surface area contributed by atoms with Gasteiger partial charge in [0.05, 0.1) is 11.0 Å². The highest BCUT2D eigenvalue weighted by Gasteiger charge is 2.32. The van der Waals surface area contributed by atoms with Crippen molar-refractivity contribution in [2.45, 2.75) is 13.0 Å². The van der Waals surface area contributed by atoms with Crippen molar-refractivity contribution >= 4 is 34.6 Å². The fourth-order valence-corrected chi connectivity index (χ4v) is 4.93. The van der Waals surface area contributed by atoms with Crippen molar-refractivity contribution in [3.63, 3.8) is 0 Å². The first-order valence-electron chi connectivity index (χ1n) is 12.1. The maximum absolute atomic E-state index is 12.2. The molecule has 0 unspecified atom stereocenters. The Bertz CT molecular complexity index is 1340. The summed E-state index contributed by atoms with van der Waals surface area (Å²) >= 11 is 6.24. The number of aromatic nitrogens is 2. The second kappa shape index (κ2) is 10.9. The minimum Gasteiger partial charge on any atom is -0.348 e. The number of nitrogens with zero attached hydrogens (tertiary/aromatic N) is 5. The lowest BCUT2D eigenvalue weighted by Crippen LogP contribution is -2.48. The Hall–Kier alpha value is -4.01. The van der Waals surface area contributed by atoms with E-state index in [0.717, 1.165) is 18.7 Å². The van der Waals surface area contributed by atoms with E-state index in [2.05, 4.69) is 68.7 Å². The van der Waals surface area contributed by atoms with Gasteiger partial charge >= 0.3 is 5.69 Å². The van der Waals surface area contributed by atoms with Crippen molar-refractivity contribution in [3.05, 3.63) is 117 Å². The van der Waals surface area contributed by atoms with Gasteiger partial charge in [0.2, 0.25) is 11.6 Å². The van der Waals surface area contributed by atoms with Gasteiger partial charge in [-0.2, -0.15) is 0 Å². The molecule has 0 saturated carbocycles. The lowest BCUT2D eigenvalue weighted by molar-refractivity contribution is -0.383. The summed E-state index contributed by atoms with van der Waals surface area (Å²) in [5, 5.41) is 15.8. The average Bonchev–Trinajstić information content (AvgIpc) is 2.92. The van der Waals surface area contributed by atoms with E-state index in [-0.39, 0.29) is 17.5 Å². The van der Waals surface area contributed by atoms with Gasteiger partial charge in [-0.15, -0.1) is 0 Å². The third kappa shape index (κ3) is 5.40. The van der Waals surface area contributed by atoms with E-state index >= 15 is 0 Å². The van der Waals surface area contributed by atoms with Gasteiger partial charge in [0.1, 0.15) is 6.33 Å². The van der Waals surface area contributed by atoms with Crippen LogP contribution in [0.2, 0.25) is 5.02 Å². The molecule has 9 heteroatoms. The number of aryl methyl sites for hydroxylation is 1. The van der Waals surface area contributed by atoms with Crippen LogP contribution in [-0.4, -0.2) is 46.0 Å². The maximum Gasteiger partial charge on any atom is 0.353 e. The van der Waals surface area contributed by atoms with Crippen molar-refractivity contribution in [2.75, 3.05) is 36.4 Å². The third-order valence-corrected chi connectivity index (χ3v) is 7.04. The van der Waals surface area contributed by atoms with E-state index in [1.807, 2.05) is 36.1 Å². The molecular formula is C28H27ClN6O2. The predicted molar refractivity (Wildman–Crippen MR) is 147 cm³/mol. The van der Waals surface area contributed by atoms with E-state index < -0.39 is 4.92 Å². The lowest BCUT2D eigenvalue weighted by atomic mass is 9.96. The van der Waals surface area contributed by atoms with Crippen LogP contribution >= 0.6 is 11.6 Å². The first-order chi connectivity index (χ1) is 18.0. The van der Waals surface area contributed by atoms with Gasteiger partial charge in [0.25, 0.3) is 0 Å². The number of hydrogen-bond acceptors (Lipinski definition) is 7. The third-order valence-electron chi connectivity index (χ3n) is 6.63. The molecule has 0 radical (unpaired) electrons. The molecule has 4 aromatic rings. The molecule has 8 nitrogen and oxygen atoms in total. The molecule has 1 N–H and O–H groups in total.